The summed E-state index contributed by atoms with van der Waals surface area (Å²) in [6, 6.07) is 0.0583. The van der Waals surface area contributed by atoms with Crippen LogP contribution >= 0.6 is 0 Å². The van der Waals surface area contributed by atoms with Gasteiger partial charge in [-0.1, -0.05) is 12.7 Å². The second-order valence-electron chi connectivity index (χ2n) is 2.25. The van der Waals surface area contributed by atoms with Crippen LogP contribution in [0.25, 0.3) is 0 Å². The Morgan fingerprint density at radius 3 is 2.80 bits per heavy atom. The zero-order chi connectivity index (χ0) is 7.98. The standard InChI is InChI=1S/C8H16N2/c1-4-5-6-8(9)7(2)10-3/h4,8,10H,1-2,5-6,9H2,3H3. The van der Waals surface area contributed by atoms with Crippen molar-refractivity contribution in [3.63, 3.8) is 0 Å². The zero-order valence-corrected chi connectivity index (χ0v) is 6.56. The Kier molecular flexibility index (Phi) is 4.67. The number of nitrogens with two attached hydrogens (primary N) is 1. The molecule has 58 valence electrons. The summed E-state index contributed by atoms with van der Waals surface area (Å²) in [5.41, 5.74) is 6.59. The van der Waals surface area contributed by atoms with Gasteiger partial charge in [0.2, 0.25) is 0 Å². The van der Waals surface area contributed by atoms with Crippen LogP contribution in [-0.4, -0.2) is 13.1 Å². The normalized spacial score (nSPS) is 12.2. The molecule has 0 bridgehead atoms. The Morgan fingerprint density at radius 2 is 2.40 bits per heavy atom. The predicted molar refractivity (Wildman–Crippen MR) is 45.6 cm³/mol. The molecule has 3 N–H and O–H groups in total. The van der Waals surface area contributed by atoms with E-state index in [1.165, 1.54) is 0 Å². The molecule has 0 aromatic carbocycles. The van der Waals surface area contributed by atoms with E-state index in [4.69, 9.17) is 5.73 Å². The molecule has 0 saturated carbocycles. The number of hydrogen-bond donors (Lipinski definition) is 2. The smallest absolute Gasteiger partial charge is 0.0441 e. The van der Waals surface area contributed by atoms with Gasteiger partial charge in [-0.05, 0) is 12.8 Å². The van der Waals surface area contributed by atoms with Crippen LogP contribution in [0, 0.1) is 0 Å². The minimum atomic E-state index is 0.0583. The first-order chi connectivity index (χ1) is 4.72. The Bertz CT molecular complexity index is 118. The highest BCUT2D eigenvalue weighted by Crippen LogP contribution is 2.00. The van der Waals surface area contributed by atoms with E-state index in [0.717, 1.165) is 18.5 Å². The topological polar surface area (TPSA) is 38.0 Å². The van der Waals surface area contributed by atoms with E-state index in [1.807, 2.05) is 13.1 Å². The van der Waals surface area contributed by atoms with Crippen LogP contribution in [0.4, 0.5) is 0 Å². The number of rotatable bonds is 5. The summed E-state index contributed by atoms with van der Waals surface area (Å²) in [4.78, 5) is 0. The molecule has 0 heterocycles. The van der Waals surface area contributed by atoms with Gasteiger partial charge >= 0.3 is 0 Å². The molecule has 0 radical (unpaired) electrons. The van der Waals surface area contributed by atoms with Gasteiger partial charge in [0, 0.05) is 18.8 Å². The van der Waals surface area contributed by atoms with Crippen molar-refractivity contribution in [1.82, 2.24) is 5.32 Å². The van der Waals surface area contributed by atoms with Gasteiger partial charge in [0.1, 0.15) is 0 Å². The van der Waals surface area contributed by atoms with Gasteiger partial charge < -0.3 is 11.1 Å². The van der Waals surface area contributed by atoms with Gasteiger partial charge in [-0.2, -0.15) is 0 Å². The molecule has 0 rings (SSSR count). The van der Waals surface area contributed by atoms with Crippen LogP contribution in [0.1, 0.15) is 12.8 Å². The van der Waals surface area contributed by atoms with Crippen molar-refractivity contribution < 1.29 is 0 Å². The van der Waals surface area contributed by atoms with Crippen molar-refractivity contribution in [3.05, 3.63) is 24.9 Å². The van der Waals surface area contributed by atoms with E-state index >= 15 is 0 Å². The lowest BCUT2D eigenvalue weighted by molar-refractivity contribution is 0.662. The Labute approximate surface area is 62.8 Å². The SMILES string of the molecule is C=CCCC(N)C(=C)NC. The molecule has 1 unspecified atom stereocenters. The van der Waals surface area contributed by atoms with E-state index in [-0.39, 0.29) is 6.04 Å². The molecule has 0 aromatic rings. The molecule has 0 aliphatic rings. The molecule has 0 spiro atoms. The van der Waals surface area contributed by atoms with Crippen molar-refractivity contribution in [3.8, 4) is 0 Å². The highest BCUT2D eigenvalue weighted by molar-refractivity contribution is 5.00. The molecule has 10 heavy (non-hydrogen) atoms. The van der Waals surface area contributed by atoms with Crippen molar-refractivity contribution >= 4 is 0 Å². The van der Waals surface area contributed by atoms with Crippen LogP contribution in [0.3, 0.4) is 0 Å². The summed E-state index contributed by atoms with van der Waals surface area (Å²) in [5, 5.41) is 2.92. The van der Waals surface area contributed by atoms with Gasteiger partial charge in [-0.25, -0.2) is 0 Å². The van der Waals surface area contributed by atoms with Crippen molar-refractivity contribution in [2.45, 2.75) is 18.9 Å². The summed E-state index contributed by atoms with van der Waals surface area (Å²) >= 11 is 0. The lowest BCUT2D eigenvalue weighted by atomic mass is 10.1. The highest BCUT2D eigenvalue weighted by Gasteiger charge is 2.02. The number of likely N-dealkylation sites (N-methyl/N-ethyl adjacent to an activating group) is 1. The molecule has 2 nitrogen and oxygen atoms in total. The molecule has 0 aliphatic carbocycles. The van der Waals surface area contributed by atoms with Crippen molar-refractivity contribution in [1.29, 1.82) is 0 Å². The van der Waals surface area contributed by atoms with Gasteiger partial charge in [-0.15, -0.1) is 6.58 Å². The maximum Gasteiger partial charge on any atom is 0.0441 e. The van der Waals surface area contributed by atoms with E-state index in [1.54, 1.807) is 0 Å². The van der Waals surface area contributed by atoms with Crippen LogP contribution in [0.2, 0.25) is 0 Å². The highest BCUT2D eigenvalue weighted by atomic mass is 14.9. The zero-order valence-electron chi connectivity index (χ0n) is 6.56. The van der Waals surface area contributed by atoms with E-state index in [9.17, 15) is 0 Å². The minimum absolute atomic E-state index is 0.0583. The average Bonchev–Trinajstić information content (AvgIpc) is 1.98. The van der Waals surface area contributed by atoms with E-state index < -0.39 is 0 Å². The first-order valence-electron chi connectivity index (χ1n) is 3.45. The Hall–Kier alpha value is -0.760. The fraction of sp³-hybridized carbons (Fsp3) is 0.500. The molecule has 0 amide bonds. The van der Waals surface area contributed by atoms with Crippen LogP contribution < -0.4 is 11.1 Å². The monoisotopic (exact) mass is 140 g/mol. The predicted octanol–water partition coefficient (Wildman–Crippen LogP) is 1.01. The van der Waals surface area contributed by atoms with Crippen LogP contribution in [0.5, 0.6) is 0 Å². The second-order valence-corrected chi connectivity index (χ2v) is 2.25. The lowest BCUT2D eigenvalue weighted by Gasteiger charge is -2.12. The minimum Gasteiger partial charge on any atom is -0.391 e. The molecule has 0 aromatic heterocycles. The number of nitrogens with one attached hydrogen (secondary N) is 1. The van der Waals surface area contributed by atoms with Crippen LogP contribution in [-0.2, 0) is 0 Å². The maximum absolute atomic E-state index is 5.70. The molecular formula is C8H16N2. The summed E-state index contributed by atoms with van der Waals surface area (Å²) in [6.07, 6.45) is 3.73. The quantitative estimate of drug-likeness (QED) is 0.559. The maximum atomic E-state index is 5.70. The Morgan fingerprint density at radius 1 is 1.80 bits per heavy atom. The summed E-state index contributed by atoms with van der Waals surface area (Å²) in [6.45, 7) is 7.37. The first kappa shape index (κ1) is 9.24. The van der Waals surface area contributed by atoms with Crippen LogP contribution in [0.15, 0.2) is 24.9 Å². The lowest BCUT2D eigenvalue weighted by Crippen LogP contribution is -2.28. The summed E-state index contributed by atoms with van der Waals surface area (Å²) < 4.78 is 0. The first-order valence-corrected chi connectivity index (χ1v) is 3.45. The molecule has 2 heteroatoms. The third-order valence-electron chi connectivity index (χ3n) is 1.45. The third kappa shape index (κ3) is 3.30. The fourth-order valence-electron chi connectivity index (χ4n) is 0.657. The average molecular weight is 140 g/mol. The largest absolute Gasteiger partial charge is 0.391 e. The number of hydrogen-bond acceptors (Lipinski definition) is 2. The van der Waals surface area contributed by atoms with Crippen molar-refractivity contribution in [2.75, 3.05) is 7.05 Å². The summed E-state index contributed by atoms with van der Waals surface area (Å²) in [7, 11) is 1.83. The summed E-state index contributed by atoms with van der Waals surface area (Å²) in [5.74, 6) is 0. The fourth-order valence-corrected chi connectivity index (χ4v) is 0.657. The third-order valence-corrected chi connectivity index (χ3v) is 1.45. The van der Waals surface area contributed by atoms with Gasteiger partial charge in [0.25, 0.3) is 0 Å². The second kappa shape index (κ2) is 5.06. The number of allylic oxidation sites excluding steroid dienone is 1. The van der Waals surface area contributed by atoms with Crippen molar-refractivity contribution in [2.24, 2.45) is 5.73 Å². The molecule has 0 saturated heterocycles. The van der Waals surface area contributed by atoms with E-state index in [2.05, 4.69) is 18.5 Å². The molecule has 0 fully saturated rings. The van der Waals surface area contributed by atoms with Gasteiger partial charge in [-0.3, -0.25) is 0 Å². The molecular weight excluding hydrogens is 124 g/mol. The van der Waals surface area contributed by atoms with Gasteiger partial charge in [0.05, 0.1) is 0 Å². The van der Waals surface area contributed by atoms with Gasteiger partial charge in [0.15, 0.2) is 0 Å². The Balaban J connectivity index is 3.50. The molecule has 1 atom stereocenters. The van der Waals surface area contributed by atoms with E-state index in [0.29, 0.717) is 0 Å². The molecule has 0 aliphatic heterocycles.